The first kappa shape index (κ1) is 68.4. The van der Waals surface area contributed by atoms with Crippen molar-refractivity contribution in [3.8, 4) is 39.6 Å². The predicted molar refractivity (Wildman–Crippen MR) is 504 cm³/mol. The molecule has 0 spiro atoms. The summed E-state index contributed by atoms with van der Waals surface area (Å²) in [6.07, 6.45) is 0. The molecule has 0 N–H and O–H groups in total. The average Bonchev–Trinajstić information content (AvgIpc) is 1.58. The fourth-order valence-electron chi connectivity index (χ4n) is 19.1. The molecule has 0 unspecified atom stereocenters. The van der Waals surface area contributed by atoms with Crippen LogP contribution in [-0.2, 0) is 14.1 Å². The second kappa shape index (κ2) is 27.8. The second-order valence-corrected chi connectivity index (χ2v) is 31.8. The van der Waals surface area contributed by atoms with Gasteiger partial charge in [0.15, 0.2) is 0 Å². The van der Waals surface area contributed by atoms with Crippen molar-refractivity contribution in [3.05, 3.63) is 419 Å². The van der Waals surface area contributed by atoms with E-state index in [2.05, 4.69) is 465 Å². The van der Waals surface area contributed by atoms with Gasteiger partial charge in [0.25, 0.3) is 0 Å². The van der Waals surface area contributed by atoms with E-state index in [-0.39, 0.29) is 0 Å². The van der Waals surface area contributed by atoms with Gasteiger partial charge in [-0.15, -0.1) is 11.3 Å². The first-order valence-electron chi connectivity index (χ1n) is 40.4. The Morgan fingerprint density at radius 2 is 0.407 bits per heavy atom. The molecule has 0 aliphatic heterocycles. The monoisotopic (exact) mass is 1530 g/mol. The summed E-state index contributed by atoms with van der Waals surface area (Å²) in [5.74, 6) is 0. The first-order chi connectivity index (χ1) is 58.4. The van der Waals surface area contributed by atoms with E-state index in [1.165, 1.54) is 212 Å². The van der Waals surface area contributed by atoms with Gasteiger partial charge < -0.3 is 32.0 Å². The SMILES string of the molecule is Cn1c2ccccc2c2cc(-n3c4ccccc4c4ccccc43)ccc21.Cn1c2ccccc2c2ccc3c4ccccc4sc3c21.c1ccc(-n2c3ccccc3c3cc(-c4ccc5c(c4)c4ccccc4n5-c4ccccc4)ccc32)cc1.c1ccc(-n2c3ccccc3c3cc(-n4c5ccccc5c5ccccc54)ccc32)cc1. The number of rotatable bonds is 6. The fraction of sp³-hybridized carbons (Fsp3) is 0.0182. The minimum atomic E-state index is 1.18. The Bertz CT molecular complexity index is 8210. The highest BCUT2D eigenvalue weighted by Gasteiger charge is 2.22. The lowest BCUT2D eigenvalue weighted by molar-refractivity contribution is 1.01. The quantitative estimate of drug-likeness (QED) is 0.159. The number of fused-ring (bicyclic) bond motifs is 25. The number of nitrogens with zero attached hydrogens (tertiary/aromatic N) is 7. The van der Waals surface area contributed by atoms with E-state index in [4.69, 9.17) is 0 Å². The molecule has 0 fully saturated rings. The number of aromatic nitrogens is 7. The smallest absolute Gasteiger partial charge is 0.0670 e. The number of hydrogen-bond acceptors (Lipinski definition) is 1. The van der Waals surface area contributed by atoms with E-state index >= 15 is 0 Å². The third-order valence-electron chi connectivity index (χ3n) is 24.4. The van der Waals surface area contributed by atoms with Gasteiger partial charge in [0.05, 0.1) is 65.4 Å². The van der Waals surface area contributed by atoms with Crippen LogP contribution in [0.4, 0.5) is 0 Å². The lowest BCUT2D eigenvalue weighted by Crippen LogP contribution is -1.95. The van der Waals surface area contributed by atoms with Gasteiger partial charge in [-0.2, -0.15) is 0 Å². The average molecular weight is 1530 g/mol. The van der Waals surface area contributed by atoms with Crippen molar-refractivity contribution in [1.82, 2.24) is 32.0 Å². The summed E-state index contributed by atoms with van der Waals surface area (Å²) < 4.78 is 19.2. The zero-order valence-electron chi connectivity index (χ0n) is 64.9. The lowest BCUT2D eigenvalue weighted by atomic mass is 10.0. The van der Waals surface area contributed by atoms with Gasteiger partial charge in [0.1, 0.15) is 0 Å². The number of aryl methyl sites for hydroxylation is 2. The Morgan fingerprint density at radius 1 is 0.161 bits per heavy atom. The van der Waals surface area contributed by atoms with Crippen molar-refractivity contribution < 1.29 is 0 Å². The van der Waals surface area contributed by atoms with Crippen molar-refractivity contribution in [2.45, 2.75) is 0 Å². The van der Waals surface area contributed by atoms with Crippen LogP contribution in [0.5, 0.6) is 0 Å². The Kier molecular flexibility index (Phi) is 16.1. The summed E-state index contributed by atoms with van der Waals surface area (Å²) in [4.78, 5) is 0. The summed E-state index contributed by atoms with van der Waals surface area (Å²) >= 11 is 1.90. The summed E-state index contributed by atoms with van der Waals surface area (Å²) in [5.41, 5.74) is 25.9. The zero-order chi connectivity index (χ0) is 78.1. The predicted octanol–water partition coefficient (Wildman–Crippen LogP) is 29.6. The summed E-state index contributed by atoms with van der Waals surface area (Å²) in [6, 6.07) is 151. The number of hydrogen-bond donors (Lipinski definition) is 0. The molecule has 8 heteroatoms. The van der Waals surface area contributed by atoms with Gasteiger partial charge >= 0.3 is 0 Å². The molecule has 0 atom stereocenters. The molecule has 118 heavy (non-hydrogen) atoms. The molecule has 0 radical (unpaired) electrons. The highest BCUT2D eigenvalue weighted by atomic mass is 32.1. The highest BCUT2D eigenvalue weighted by molar-refractivity contribution is 7.26. The van der Waals surface area contributed by atoms with E-state index in [0.29, 0.717) is 0 Å². The van der Waals surface area contributed by atoms with E-state index in [1.807, 2.05) is 11.3 Å². The molecule has 0 saturated heterocycles. The molecule has 0 aliphatic rings. The minimum absolute atomic E-state index is 1.18. The van der Waals surface area contributed by atoms with Gasteiger partial charge in [-0.05, 0) is 169 Å². The molecule has 8 heterocycles. The molecule has 18 aromatic carbocycles. The Balaban J connectivity index is 0.0000000941. The van der Waals surface area contributed by atoms with Crippen LogP contribution >= 0.6 is 11.3 Å². The molecule has 0 amide bonds. The number of benzene rings is 18. The Hall–Kier alpha value is -15.2. The lowest BCUT2D eigenvalue weighted by Gasteiger charge is -2.10. The van der Waals surface area contributed by atoms with Gasteiger partial charge in [-0.25, -0.2) is 0 Å². The fourth-order valence-corrected chi connectivity index (χ4v) is 20.4. The van der Waals surface area contributed by atoms with Crippen LogP contribution in [-0.4, -0.2) is 32.0 Å². The molecule has 7 nitrogen and oxygen atoms in total. The maximum atomic E-state index is 2.39. The molecule has 8 aromatic heterocycles. The summed E-state index contributed by atoms with van der Waals surface area (Å²) in [6.45, 7) is 0. The van der Waals surface area contributed by atoms with E-state index in [9.17, 15) is 0 Å². The van der Waals surface area contributed by atoms with Crippen LogP contribution in [0.2, 0.25) is 0 Å². The van der Waals surface area contributed by atoms with E-state index < -0.39 is 0 Å². The maximum Gasteiger partial charge on any atom is 0.0670 e. The standard InChI is InChI=1S/C36H24N2.C30H20N2.C25H18N2.C19H13NS/c1-3-11-27(12-4-1)37-33-17-9-7-15-29(33)31-23-25(19-21-35(31)37)26-20-22-36-32(24-26)30-16-8-10-18-34(30)38(36)28-13-5-2-6-14-28;1-2-10-21(11-3-1)31-29-17-9-6-14-25(29)26-20-22(18-19-30(26)31)32-27-15-7-4-12-23(27)24-13-5-8-16-28(24)32;1-26-22-11-5-2-10-20(22)21-16-17(14-15-23(21)26)27-24-12-6-3-8-18(24)19-9-4-7-13-25(19)27;1-20-16-8-4-2-6-12(16)14-10-11-15-13-7-3-5-9-17(13)21-19(15)18(14)20/h1-24H;1-20H;2-16H,1H3;2-11H,1H3. The van der Waals surface area contributed by atoms with Crippen molar-refractivity contribution in [1.29, 1.82) is 0 Å². The number of para-hydroxylation sites is 12. The highest BCUT2D eigenvalue weighted by Crippen LogP contribution is 2.45. The zero-order valence-corrected chi connectivity index (χ0v) is 65.7. The molecule has 26 rings (SSSR count). The Morgan fingerprint density at radius 3 is 0.797 bits per heavy atom. The third-order valence-corrected chi connectivity index (χ3v) is 25.6. The molecule has 556 valence electrons. The molecular weight excluding hydrogens is 1450 g/mol. The van der Waals surface area contributed by atoms with Crippen LogP contribution in [0.15, 0.2) is 419 Å². The maximum absolute atomic E-state index is 2.39. The molecule has 0 aliphatic carbocycles. The second-order valence-electron chi connectivity index (χ2n) is 30.8. The van der Waals surface area contributed by atoms with Crippen LogP contribution in [0.3, 0.4) is 0 Å². The largest absolute Gasteiger partial charge is 0.344 e. The van der Waals surface area contributed by atoms with Gasteiger partial charge in [0, 0.05) is 150 Å². The minimum Gasteiger partial charge on any atom is -0.344 e. The van der Waals surface area contributed by atoms with Crippen LogP contribution in [0.1, 0.15) is 0 Å². The van der Waals surface area contributed by atoms with Crippen molar-refractivity contribution in [2.24, 2.45) is 14.1 Å². The van der Waals surface area contributed by atoms with Gasteiger partial charge in [-0.1, -0.05) is 261 Å². The molecular formula is C110H75N7S. The first-order valence-corrected chi connectivity index (χ1v) is 41.2. The van der Waals surface area contributed by atoms with Gasteiger partial charge in [0.2, 0.25) is 0 Å². The Labute approximate surface area is 683 Å². The molecule has 26 aromatic rings. The van der Waals surface area contributed by atoms with Crippen LogP contribution in [0.25, 0.3) is 212 Å². The molecule has 0 bridgehead atoms. The van der Waals surface area contributed by atoms with Gasteiger partial charge in [-0.3, -0.25) is 0 Å². The van der Waals surface area contributed by atoms with Crippen molar-refractivity contribution in [2.75, 3.05) is 0 Å². The normalized spacial score (nSPS) is 11.8. The summed E-state index contributed by atoms with van der Waals surface area (Å²) in [7, 11) is 4.32. The number of thiophene rings is 1. The van der Waals surface area contributed by atoms with E-state index in [1.54, 1.807) is 0 Å². The van der Waals surface area contributed by atoms with Crippen LogP contribution in [0, 0.1) is 0 Å². The van der Waals surface area contributed by atoms with Crippen molar-refractivity contribution in [3.63, 3.8) is 0 Å². The molecule has 0 saturated carbocycles. The topological polar surface area (TPSA) is 34.5 Å². The van der Waals surface area contributed by atoms with Crippen molar-refractivity contribution >= 4 is 184 Å². The summed E-state index contributed by atoms with van der Waals surface area (Å²) in [5, 5.41) is 20.8. The van der Waals surface area contributed by atoms with E-state index in [0.717, 1.165) is 0 Å². The van der Waals surface area contributed by atoms with Crippen LogP contribution < -0.4 is 0 Å². The third kappa shape index (κ3) is 10.9.